The first-order valence-electron chi connectivity index (χ1n) is 12.0. The highest BCUT2D eigenvalue weighted by atomic mass is 32.2. The summed E-state index contributed by atoms with van der Waals surface area (Å²) in [4.78, 5) is 47.0. The third kappa shape index (κ3) is 5.94. The average Bonchev–Trinajstić information content (AvgIpc) is 3.37. The largest absolute Gasteiger partial charge is 0.491 e. The van der Waals surface area contributed by atoms with Crippen LogP contribution in [0.4, 0.5) is 5.00 Å². The van der Waals surface area contributed by atoms with Crippen molar-refractivity contribution in [1.29, 1.82) is 0 Å². The quantitative estimate of drug-likeness (QED) is 0.442. The number of aromatic nitrogens is 1. The first kappa shape index (κ1) is 27.0. The van der Waals surface area contributed by atoms with Crippen molar-refractivity contribution in [3.8, 4) is 11.6 Å². The standard InChI is InChI=1S/C24H30N4O7S2/c1-4-35-21-18(34-2)9-8-16(25-21)17(14-37(3,32)33)28-23(30)15-13-36-22(20(15)24(28)31)26-19(29)12-27-10-6-5-7-11-27/h8-9,13,17H,4-7,10-12,14H2,1-3H3,(H,26,29)/t17-/m1/s1. The van der Waals surface area contributed by atoms with E-state index in [1.807, 2.05) is 0 Å². The zero-order valence-corrected chi connectivity index (χ0v) is 22.6. The molecule has 1 atom stereocenters. The Morgan fingerprint density at radius 3 is 2.57 bits per heavy atom. The lowest BCUT2D eigenvalue weighted by atomic mass is 10.1. The summed E-state index contributed by atoms with van der Waals surface area (Å²) in [6, 6.07) is 1.86. The smallest absolute Gasteiger partial charge is 0.265 e. The summed E-state index contributed by atoms with van der Waals surface area (Å²) >= 11 is 1.10. The number of ether oxygens (including phenoxy) is 2. The van der Waals surface area contributed by atoms with Gasteiger partial charge in [0.05, 0.1) is 48.9 Å². The molecule has 0 aromatic carbocycles. The minimum absolute atomic E-state index is 0.0686. The number of methoxy groups -OCH3 is 1. The highest BCUT2D eigenvalue weighted by Gasteiger charge is 2.45. The van der Waals surface area contributed by atoms with Crippen molar-refractivity contribution in [2.75, 3.05) is 50.7 Å². The van der Waals surface area contributed by atoms with E-state index in [2.05, 4.69) is 15.2 Å². The number of hydrogen-bond donors (Lipinski definition) is 1. The van der Waals surface area contributed by atoms with Crippen molar-refractivity contribution < 1.29 is 32.3 Å². The monoisotopic (exact) mass is 550 g/mol. The van der Waals surface area contributed by atoms with E-state index in [1.54, 1.807) is 13.0 Å². The first-order chi connectivity index (χ1) is 17.6. The van der Waals surface area contributed by atoms with E-state index in [0.717, 1.165) is 54.8 Å². The van der Waals surface area contributed by atoms with E-state index in [1.165, 1.54) is 18.6 Å². The predicted octanol–water partition coefficient (Wildman–Crippen LogP) is 2.36. The van der Waals surface area contributed by atoms with E-state index in [-0.39, 0.29) is 46.8 Å². The van der Waals surface area contributed by atoms with Crippen LogP contribution in [0.2, 0.25) is 0 Å². The maximum atomic E-state index is 13.6. The van der Waals surface area contributed by atoms with Gasteiger partial charge in [0, 0.05) is 11.6 Å². The van der Waals surface area contributed by atoms with Crippen molar-refractivity contribution in [1.82, 2.24) is 14.8 Å². The lowest BCUT2D eigenvalue weighted by molar-refractivity contribution is -0.117. The molecule has 2 aromatic heterocycles. The number of carbonyl (C=O) groups is 3. The Balaban J connectivity index is 1.63. The Labute approximate surface area is 219 Å². The van der Waals surface area contributed by atoms with E-state index in [4.69, 9.17) is 9.47 Å². The molecule has 1 N–H and O–H groups in total. The maximum absolute atomic E-state index is 13.6. The van der Waals surface area contributed by atoms with Gasteiger partial charge >= 0.3 is 0 Å². The second kappa shape index (κ2) is 11.2. The molecule has 2 aromatic rings. The van der Waals surface area contributed by atoms with Gasteiger partial charge in [-0.2, -0.15) is 0 Å². The summed E-state index contributed by atoms with van der Waals surface area (Å²) in [6.07, 6.45) is 4.25. The number of nitrogens with zero attached hydrogens (tertiary/aromatic N) is 3. The number of amides is 3. The molecule has 1 fully saturated rings. The van der Waals surface area contributed by atoms with Crippen molar-refractivity contribution in [3.05, 3.63) is 34.3 Å². The molecule has 2 aliphatic rings. The molecule has 4 rings (SSSR count). The molecule has 2 aliphatic heterocycles. The van der Waals surface area contributed by atoms with Crippen LogP contribution in [0, 0.1) is 0 Å². The zero-order chi connectivity index (χ0) is 26.7. The molecule has 1 saturated heterocycles. The molecule has 4 heterocycles. The van der Waals surface area contributed by atoms with Crippen LogP contribution in [-0.4, -0.2) is 86.3 Å². The van der Waals surface area contributed by atoms with E-state index in [0.29, 0.717) is 5.75 Å². The van der Waals surface area contributed by atoms with Crippen LogP contribution in [0.25, 0.3) is 0 Å². The molecule has 11 nitrogen and oxygen atoms in total. The topological polar surface area (TPSA) is 135 Å². The molecule has 0 unspecified atom stereocenters. The number of sulfone groups is 1. The fourth-order valence-electron chi connectivity index (χ4n) is 4.53. The Morgan fingerprint density at radius 2 is 1.92 bits per heavy atom. The first-order valence-corrected chi connectivity index (χ1v) is 14.9. The Morgan fingerprint density at radius 1 is 1.19 bits per heavy atom. The number of likely N-dealkylation sites (tertiary alicyclic amines) is 1. The van der Waals surface area contributed by atoms with Gasteiger partial charge in [0.25, 0.3) is 17.7 Å². The summed E-state index contributed by atoms with van der Waals surface area (Å²) < 4.78 is 35.4. The number of fused-ring (bicyclic) bond motifs is 1. The summed E-state index contributed by atoms with van der Waals surface area (Å²) in [5.74, 6) is -1.66. The van der Waals surface area contributed by atoms with Crippen LogP contribution < -0.4 is 14.8 Å². The van der Waals surface area contributed by atoms with Gasteiger partial charge < -0.3 is 14.8 Å². The molecule has 0 spiro atoms. The fraction of sp³-hybridized carbons (Fsp3) is 0.500. The van der Waals surface area contributed by atoms with Crippen molar-refractivity contribution in [2.24, 2.45) is 0 Å². The van der Waals surface area contributed by atoms with Crippen LogP contribution in [0.1, 0.15) is 58.6 Å². The number of anilines is 1. The molecule has 13 heteroatoms. The fourth-order valence-corrected chi connectivity index (χ4v) is 6.37. The van der Waals surface area contributed by atoms with Gasteiger partial charge in [0.15, 0.2) is 5.75 Å². The van der Waals surface area contributed by atoms with Crippen LogP contribution in [0.3, 0.4) is 0 Å². The maximum Gasteiger partial charge on any atom is 0.265 e. The normalized spacial score (nSPS) is 17.0. The van der Waals surface area contributed by atoms with Gasteiger partial charge in [0.1, 0.15) is 14.8 Å². The van der Waals surface area contributed by atoms with Crippen molar-refractivity contribution in [2.45, 2.75) is 32.2 Å². The number of imide groups is 1. The number of piperidine rings is 1. The second-order valence-corrected chi connectivity index (χ2v) is 12.1. The summed E-state index contributed by atoms with van der Waals surface area (Å²) in [5, 5.41) is 4.56. The lowest BCUT2D eigenvalue weighted by Crippen LogP contribution is -2.38. The molecule has 3 amide bonds. The summed E-state index contributed by atoms with van der Waals surface area (Å²) in [7, 11) is -2.20. The van der Waals surface area contributed by atoms with Crippen molar-refractivity contribution in [3.63, 3.8) is 0 Å². The molecule has 37 heavy (non-hydrogen) atoms. The molecule has 200 valence electrons. The Hall–Kier alpha value is -3.03. The second-order valence-electron chi connectivity index (χ2n) is 9.00. The van der Waals surface area contributed by atoms with Gasteiger partial charge in [-0.1, -0.05) is 6.42 Å². The number of pyridine rings is 1. The van der Waals surface area contributed by atoms with E-state index >= 15 is 0 Å². The number of nitrogens with one attached hydrogen (secondary N) is 1. The van der Waals surface area contributed by atoms with Gasteiger partial charge in [-0.25, -0.2) is 13.4 Å². The molecular formula is C24H30N4O7S2. The number of thiophene rings is 1. The predicted molar refractivity (Wildman–Crippen MR) is 138 cm³/mol. The third-order valence-electron chi connectivity index (χ3n) is 6.20. The number of hydrogen-bond acceptors (Lipinski definition) is 10. The molecule has 0 bridgehead atoms. The molecule has 0 radical (unpaired) electrons. The minimum Gasteiger partial charge on any atom is -0.491 e. The highest BCUT2D eigenvalue weighted by molar-refractivity contribution is 7.90. The number of carbonyl (C=O) groups excluding carboxylic acids is 3. The third-order valence-corrected chi connectivity index (χ3v) is 8.02. The van der Waals surface area contributed by atoms with Crippen LogP contribution in [0.5, 0.6) is 11.6 Å². The molecule has 0 saturated carbocycles. The summed E-state index contributed by atoms with van der Waals surface area (Å²) in [5.41, 5.74) is 0.361. The van der Waals surface area contributed by atoms with E-state index in [9.17, 15) is 22.8 Å². The lowest BCUT2D eigenvalue weighted by Gasteiger charge is -2.26. The van der Waals surface area contributed by atoms with Crippen LogP contribution >= 0.6 is 11.3 Å². The highest BCUT2D eigenvalue weighted by Crippen LogP contribution is 2.40. The van der Waals surface area contributed by atoms with Gasteiger partial charge in [-0.15, -0.1) is 11.3 Å². The SMILES string of the molecule is CCOc1nc([C@@H](CS(C)(=O)=O)N2C(=O)c3csc(NC(=O)CN4CCCCC4)c3C2=O)ccc1OC. The van der Waals surface area contributed by atoms with Gasteiger partial charge in [0.2, 0.25) is 5.91 Å². The summed E-state index contributed by atoms with van der Waals surface area (Å²) in [6.45, 7) is 3.92. The minimum atomic E-state index is -3.64. The average molecular weight is 551 g/mol. The van der Waals surface area contributed by atoms with Gasteiger partial charge in [-0.05, 0) is 45.0 Å². The van der Waals surface area contributed by atoms with Crippen molar-refractivity contribution >= 4 is 43.9 Å². The molecule has 0 aliphatic carbocycles. The zero-order valence-electron chi connectivity index (χ0n) is 21.0. The Bertz CT molecular complexity index is 1300. The van der Waals surface area contributed by atoms with Crippen LogP contribution in [-0.2, 0) is 14.6 Å². The van der Waals surface area contributed by atoms with Gasteiger partial charge in [-0.3, -0.25) is 24.2 Å². The molecular weight excluding hydrogens is 520 g/mol. The Kier molecular flexibility index (Phi) is 8.14. The van der Waals surface area contributed by atoms with Crippen LogP contribution in [0.15, 0.2) is 17.5 Å². The van der Waals surface area contributed by atoms with E-state index < -0.39 is 33.4 Å². The number of rotatable bonds is 10.